The van der Waals surface area contributed by atoms with Crippen molar-refractivity contribution in [1.82, 2.24) is 15.6 Å². The molecule has 1 aromatic heterocycles. The minimum Gasteiger partial charge on any atom is -0.496 e. The molecule has 1 unspecified atom stereocenters. The van der Waals surface area contributed by atoms with Crippen LogP contribution in [0.1, 0.15) is 43.5 Å². The molecule has 0 spiro atoms. The number of thioether (sulfide) groups is 1. The molecule has 0 amide bonds. The summed E-state index contributed by atoms with van der Waals surface area (Å²) in [7, 11) is 1.70. The minimum absolute atomic E-state index is 0. The summed E-state index contributed by atoms with van der Waals surface area (Å²) >= 11 is 2.05. The first kappa shape index (κ1) is 22.3. The van der Waals surface area contributed by atoms with E-state index in [9.17, 15) is 0 Å². The molecule has 1 atom stereocenters. The van der Waals surface area contributed by atoms with Crippen LogP contribution in [0.4, 0.5) is 0 Å². The highest BCUT2D eigenvalue weighted by Crippen LogP contribution is 2.36. The third kappa shape index (κ3) is 6.20. The third-order valence-electron chi connectivity index (χ3n) is 4.41. The molecular formula is C18H31IN4OS. The van der Waals surface area contributed by atoms with E-state index >= 15 is 0 Å². The molecule has 0 aliphatic carbocycles. The highest BCUT2D eigenvalue weighted by Gasteiger charge is 2.29. The number of hydrogen-bond donors (Lipinski definition) is 2. The van der Waals surface area contributed by atoms with Gasteiger partial charge in [0.25, 0.3) is 0 Å². The highest BCUT2D eigenvalue weighted by molar-refractivity contribution is 14.0. The molecule has 1 saturated heterocycles. The van der Waals surface area contributed by atoms with Gasteiger partial charge in [-0.1, -0.05) is 0 Å². The Labute approximate surface area is 173 Å². The number of nitrogens with one attached hydrogen (secondary N) is 2. The fraction of sp³-hybridized carbons (Fsp3) is 0.667. The minimum atomic E-state index is 0. The van der Waals surface area contributed by atoms with E-state index in [2.05, 4.69) is 41.2 Å². The third-order valence-corrected chi connectivity index (χ3v) is 5.95. The molecule has 2 heterocycles. The molecule has 7 heteroatoms. The van der Waals surface area contributed by atoms with Crippen LogP contribution in [0.3, 0.4) is 0 Å². The molecule has 142 valence electrons. The van der Waals surface area contributed by atoms with Crippen molar-refractivity contribution < 1.29 is 4.74 Å². The van der Waals surface area contributed by atoms with E-state index in [1.54, 1.807) is 7.11 Å². The normalized spacial score (nSPS) is 20.1. The Morgan fingerprint density at radius 3 is 2.76 bits per heavy atom. The number of guanidine groups is 1. The molecule has 0 saturated carbocycles. The number of hydrogen-bond acceptors (Lipinski definition) is 4. The molecule has 1 aromatic rings. The van der Waals surface area contributed by atoms with Crippen LogP contribution in [0.2, 0.25) is 0 Å². The van der Waals surface area contributed by atoms with Gasteiger partial charge in [0.05, 0.1) is 19.3 Å². The first-order valence-electron chi connectivity index (χ1n) is 8.64. The number of rotatable bonds is 6. The van der Waals surface area contributed by atoms with Crippen LogP contribution in [0, 0.1) is 13.8 Å². The van der Waals surface area contributed by atoms with Gasteiger partial charge < -0.3 is 15.4 Å². The largest absolute Gasteiger partial charge is 0.496 e. The van der Waals surface area contributed by atoms with Crippen LogP contribution in [0.25, 0.3) is 0 Å². The topological polar surface area (TPSA) is 58.5 Å². The number of ether oxygens (including phenoxy) is 1. The van der Waals surface area contributed by atoms with Crippen molar-refractivity contribution in [2.24, 2.45) is 4.99 Å². The van der Waals surface area contributed by atoms with Gasteiger partial charge >= 0.3 is 0 Å². The Kier molecular flexibility index (Phi) is 9.34. The standard InChI is InChI=1S/C18H30N4OS.HI/c1-6-19-17(22-12-18(4)8-7-9-24-18)21-11-15-14(3)16(23-5)13(2)10-20-15;/h10H,6-9,11-12H2,1-5H3,(H2,19,21,22);1H. The lowest BCUT2D eigenvalue weighted by Crippen LogP contribution is -2.43. The molecule has 2 N–H and O–H groups in total. The molecule has 25 heavy (non-hydrogen) atoms. The molecule has 1 aliphatic rings. The highest BCUT2D eigenvalue weighted by atomic mass is 127. The molecule has 0 radical (unpaired) electrons. The van der Waals surface area contributed by atoms with E-state index in [1.165, 1.54) is 18.6 Å². The molecule has 1 aliphatic heterocycles. The van der Waals surface area contributed by atoms with E-state index < -0.39 is 0 Å². The fourth-order valence-electron chi connectivity index (χ4n) is 2.97. The average Bonchev–Trinajstić information content (AvgIpc) is 2.99. The Balaban J connectivity index is 0.00000312. The fourth-order valence-corrected chi connectivity index (χ4v) is 4.22. The summed E-state index contributed by atoms with van der Waals surface area (Å²) in [6, 6.07) is 0. The van der Waals surface area contributed by atoms with Gasteiger partial charge in [-0.25, -0.2) is 4.99 Å². The lowest BCUT2D eigenvalue weighted by atomic mass is 10.1. The molecule has 0 aromatic carbocycles. The number of nitrogens with zero attached hydrogens (tertiary/aromatic N) is 2. The Morgan fingerprint density at radius 1 is 1.40 bits per heavy atom. The number of pyridine rings is 1. The zero-order valence-corrected chi connectivity index (χ0v) is 19.1. The number of aryl methyl sites for hydroxylation is 1. The van der Waals surface area contributed by atoms with Gasteiger partial charge in [-0.2, -0.15) is 11.8 Å². The number of aromatic nitrogens is 1. The van der Waals surface area contributed by atoms with Crippen LogP contribution >= 0.6 is 35.7 Å². The van der Waals surface area contributed by atoms with Gasteiger partial charge in [-0.05, 0) is 46.3 Å². The summed E-state index contributed by atoms with van der Waals surface area (Å²) < 4.78 is 5.79. The van der Waals surface area contributed by atoms with Gasteiger partial charge in [0.2, 0.25) is 0 Å². The molecule has 2 rings (SSSR count). The Bertz CT molecular complexity index is 589. The van der Waals surface area contributed by atoms with E-state index in [1.807, 2.05) is 20.0 Å². The lowest BCUT2D eigenvalue weighted by molar-refractivity contribution is 0.407. The zero-order chi connectivity index (χ0) is 17.6. The monoisotopic (exact) mass is 478 g/mol. The molecule has 1 fully saturated rings. The smallest absolute Gasteiger partial charge is 0.191 e. The number of halogens is 1. The van der Waals surface area contributed by atoms with E-state index in [0.717, 1.165) is 41.6 Å². The van der Waals surface area contributed by atoms with Crippen LogP contribution in [-0.4, -0.2) is 41.6 Å². The van der Waals surface area contributed by atoms with Gasteiger partial charge in [0, 0.05) is 35.2 Å². The lowest BCUT2D eigenvalue weighted by Gasteiger charge is -2.24. The van der Waals surface area contributed by atoms with Gasteiger partial charge in [0.1, 0.15) is 5.75 Å². The maximum Gasteiger partial charge on any atom is 0.191 e. The zero-order valence-electron chi connectivity index (χ0n) is 15.9. The first-order chi connectivity index (χ1) is 11.5. The summed E-state index contributed by atoms with van der Waals surface area (Å²) in [6.45, 7) is 10.8. The predicted octanol–water partition coefficient (Wildman–Crippen LogP) is 3.67. The quantitative estimate of drug-likeness (QED) is 0.371. The van der Waals surface area contributed by atoms with Gasteiger partial charge in [-0.15, -0.1) is 24.0 Å². The predicted molar refractivity (Wildman–Crippen MR) is 119 cm³/mol. The average molecular weight is 478 g/mol. The molecular weight excluding hydrogens is 447 g/mol. The molecule has 5 nitrogen and oxygen atoms in total. The second-order valence-electron chi connectivity index (χ2n) is 6.50. The van der Waals surface area contributed by atoms with Crippen molar-refractivity contribution in [1.29, 1.82) is 0 Å². The van der Waals surface area contributed by atoms with E-state index in [0.29, 0.717) is 11.3 Å². The van der Waals surface area contributed by atoms with Crippen molar-refractivity contribution in [3.05, 3.63) is 23.0 Å². The van der Waals surface area contributed by atoms with Crippen molar-refractivity contribution in [3.8, 4) is 5.75 Å². The van der Waals surface area contributed by atoms with Gasteiger partial charge in [-0.3, -0.25) is 4.98 Å². The summed E-state index contributed by atoms with van der Waals surface area (Å²) in [6.07, 6.45) is 4.43. The van der Waals surface area contributed by atoms with Gasteiger partial charge in [0.15, 0.2) is 5.96 Å². The second kappa shape index (κ2) is 10.4. The van der Waals surface area contributed by atoms with E-state index in [4.69, 9.17) is 9.73 Å². The molecule has 0 bridgehead atoms. The van der Waals surface area contributed by atoms with Crippen LogP contribution in [0.15, 0.2) is 11.2 Å². The summed E-state index contributed by atoms with van der Waals surface area (Å²) in [5, 5.41) is 6.82. The first-order valence-corrected chi connectivity index (χ1v) is 9.63. The Morgan fingerprint density at radius 2 is 2.16 bits per heavy atom. The van der Waals surface area contributed by atoms with Crippen molar-refractivity contribution in [2.45, 2.75) is 51.8 Å². The van der Waals surface area contributed by atoms with E-state index in [-0.39, 0.29) is 24.0 Å². The number of methoxy groups -OCH3 is 1. The number of aliphatic imine (C=N–C) groups is 1. The maximum atomic E-state index is 5.48. The summed E-state index contributed by atoms with van der Waals surface area (Å²) in [5.41, 5.74) is 3.07. The van der Waals surface area contributed by atoms with Crippen LogP contribution in [-0.2, 0) is 6.54 Å². The van der Waals surface area contributed by atoms with Crippen LogP contribution in [0.5, 0.6) is 5.75 Å². The SMILES string of the molecule is CCNC(=NCc1ncc(C)c(OC)c1C)NCC1(C)CCCS1.I. The van der Waals surface area contributed by atoms with Crippen LogP contribution < -0.4 is 15.4 Å². The summed E-state index contributed by atoms with van der Waals surface area (Å²) in [5.74, 6) is 3.02. The summed E-state index contributed by atoms with van der Waals surface area (Å²) in [4.78, 5) is 9.23. The van der Waals surface area contributed by atoms with Crippen molar-refractivity contribution in [3.63, 3.8) is 0 Å². The van der Waals surface area contributed by atoms with Crippen molar-refractivity contribution in [2.75, 3.05) is 26.0 Å². The Hall–Kier alpha value is -0.700. The maximum absolute atomic E-state index is 5.48. The second-order valence-corrected chi connectivity index (χ2v) is 8.18. The van der Waals surface area contributed by atoms with Crippen molar-refractivity contribution >= 4 is 41.7 Å².